The zero-order valence-electron chi connectivity index (χ0n) is 14.2. The lowest BCUT2D eigenvalue weighted by molar-refractivity contribution is 0.414. The fraction of sp³-hybridized carbons (Fsp3) is 0.158. The summed E-state index contributed by atoms with van der Waals surface area (Å²) in [7, 11) is 1.63. The van der Waals surface area contributed by atoms with Gasteiger partial charge in [0.25, 0.3) is 0 Å². The van der Waals surface area contributed by atoms with E-state index in [4.69, 9.17) is 4.74 Å². The molecule has 0 saturated heterocycles. The topological polar surface area (TPSA) is 59.1 Å². The third kappa shape index (κ3) is 4.44. The number of nitrogens with one attached hydrogen (secondary N) is 2. The van der Waals surface area contributed by atoms with Crippen molar-refractivity contribution in [2.24, 2.45) is 0 Å². The van der Waals surface area contributed by atoms with Crippen LogP contribution in [0.3, 0.4) is 0 Å². The van der Waals surface area contributed by atoms with Crippen molar-refractivity contribution in [2.75, 3.05) is 24.3 Å². The van der Waals surface area contributed by atoms with E-state index in [-0.39, 0.29) is 5.69 Å². The van der Waals surface area contributed by atoms with Crippen LogP contribution in [0, 0.1) is 11.6 Å². The molecule has 26 heavy (non-hydrogen) atoms. The first-order chi connectivity index (χ1) is 12.7. The van der Waals surface area contributed by atoms with Crippen molar-refractivity contribution in [2.45, 2.75) is 6.42 Å². The highest BCUT2D eigenvalue weighted by Crippen LogP contribution is 2.22. The van der Waals surface area contributed by atoms with Crippen LogP contribution in [-0.2, 0) is 6.42 Å². The molecule has 0 unspecified atom stereocenters. The van der Waals surface area contributed by atoms with Crippen LogP contribution in [0.5, 0.6) is 5.75 Å². The predicted octanol–water partition coefficient (Wildman–Crippen LogP) is 4.16. The zero-order chi connectivity index (χ0) is 18.4. The lowest BCUT2D eigenvalue weighted by Crippen LogP contribution is -2.09. The molecule has 3 aromatic rings. The first-order valence-electron chi connectivity index (χ1n) is 8.06. The summed E-state index contributed by atoms with van der Waals surface area (Å²) in [5.41, 5.74) is 0.869. The molecule has 0 radical (unpaired) electrons. The highest BCUT2D eigenvalue weighted by atomic mass is 19.1. The molecule has 0 saturated carbocycles. The van der Waals surface area contributed by atoms with Crippen molar-refractivity contribution in [1.29, 1.82) is 0 Å². The van der Waals surface area contributed by atoms with Gasteiger partial charge in [-0.25, -0.2) is 13.8 Å². The number of para-hydroxylation sites is 1. The van der Waals surface area contributed by atoms with Gasteiger partial charge >= 0.3 is 0 Å². The van der Waals surface area contributed by atoms with E-state index >= 15 is 0 Å². The Morgan fingerprint density at radius 1 is 1.04 bits per heavy atom. The second-order valence-corrected chi connectivity index (χ2v) is 5.52. The average molecular weight is 356 g/mol. The lowest BCUT2D eigenvalue weighted by Gasteiger charge is -2.10. The highest BCUT2D eigenvalue weighted by molar-refractivity contribution is 5.58. The van der Waals surface area contributed by atoms with Crippen molar-refractivity contribution < 1.29 is 13.5 Å². The number of rotatable bonds is 7. The Kier molecular flexibility index (Phi) is 5.58. The molecule has 0 amide bonds. The Bertz CT molecular complexity index is 869. The average Bonchev–Trinajstić information content (AvgIpc) is 2.65. The minimum absolute atomic E-state index is 0.242. The van der Waals surface area contributed by atoms with Gasteiger partial charge in [0, 0.05) is 12.7 Å². The van der Waals surface area contributed by atoms with Gasteiger partial charge in [-0.05, 0) is 42.3 Å². The second-order valence-electron chi connectivity index (χ2n) is 5.52. The second kappa shape index (κ2) is 8.24. The van der Waals surface area contributed by atoms with Crippen molar-refractivity contribution in [3.63, 3.8) is 0 Å². The smallest absolute Gasteiger partial charge is 0.224 e. The predicted molar refractivity (Wildman–Crippen MR) is 96.9 cm³/mol. The molecule has 2 aromatic carbocycles. The lowest BCUT2D eigenvalue weighted by atomic mass is 10.1. The largest absolute Gasteiger partial charge is 0.497 e. The van der Waals surface area contributed by atoms with E-state index in [2.05, 4.69) is 20.6 Å². The SMILES string of the molecule is COc1cccc(CCNc2nccc(Nc3c(F)cccc3F)n2)c1. The summed E-state index contributed by atoms with van der Waals surface area (Å²) in [5.74, 6) is 0.103. The van der Waals surface area contributed by atoms with Crippen molar-refractivity contribution in [3.8, 4) is 5.75 Å². The molecule has 0 fully saturated rings. The Morgan fingerprint density at radius 3 is 2.58 bits per heavy atom. The number of benzene rings is 2. The molecule has 0 aliphatic carbocycles. The minimum Gasteiger partial charge on any atom is -0.497 e. The first kappa shape index (κ1) is 17.6. The molecule has 7 heteroatoms. The van der Waals surface area contributed by atoms with Crippen molar-refractivity contribution >= 4 is 17.5 Å². The summed E-state index contributed by atoms with van der Waals surface area (Å²) in [5, 5.41) is 5.74. The minimum atomic E-state index is -0.684. The molecule has 0 aliphatic heterocycles. The van der Waals surface area contributed by atoms with Crippen molar-refractivity contribution in [3.05, 3.63) is 71.9 Å². The van der Waals surface area contributed by atoms with Gasteiger partial charge in [-0.3, -0.25) is 0 Å². The normalized spacial score (nSPS) is 10.4. The summed E-state index contributed by atoms with van der Waals surface area (Å²) >= 11 is 0. The summed E-state index contributed by atoms with van der Waals surface area (Å²) in [6, 6.07) is 13.0. The standard InChI is InChI=1S/C19H18F2N4O/c1-26-14-5-2-4-13(12-14)8-10-22-19-23-11-9-17(25-19)24-18-15(20)6-3-7-16(18)21/h2-7,9,11-12H,8,10H2,1H3,(H2,22,23,24,25). The van der Waals surface area contributed by atoms with E-state index in [0.717, 1.165) is 17.7 Å². The van der Waals surface area contributed by atoms with Gasteiger partial charge in [-0.1, -0.05) is 18.2 Å². The van der Waals surface area contributed by atoms with E-state index in [9.17, 15) is 8.78 Å². The number of aromatic nitrogens is 2. The van der Waals surface area contributed by atoms with Gasteiger partial charge in [0.15, 0.2) is 0 Å². The van der Waals surface area contributed by atoms with Crippen LogP contribution >= 0.6 is 0 Å². The van der Waals surface area contributed by atoms with E-state index in [0.29, 0.717) is 18.3 Å². The Labute approximate surface area is 150 Å². The monoisotopic (exact) mass is 356 g/mol. The van der Waals surface area contributed by atoms with Gasteiger partial charge in [0.1, 0.15) is 28.9 Å². The fourth-order valence-electron chi connectivity index (χ4n) is 2.41. The molecule has 134 valence electrons. The molecule has 0 atom stereocenters. The van der Waals surface area contributed by atoms with E-state index in [1.807, 2.05) is 24.3 Å². The summed E-state index contributed by atoms with van der Waals surface area (Å²) < 4.78 is 32.6. The van der Waals surface area contributed by atoms with Crippen molar-refractivity contribution in [1.82, 2.24) is 9.97 Å². The fourth-order valence-corrected chi connectivity index (χ4v) is 2.41. The van der Waals surface area contributed by atoms with Crippen LogP contribution in [0.2, 0.25) is 0 Å². The molecule has 5 nitrogen and oxygen atoms in total. The highest BCUT2D eigenvalue weighted by Gasteiger charge is 2.09. The molecule has 2 N–H and O–H groups in total. The summed E-state index contributed by atoms with van der Waals surface area (Å²) in [6.45, 7) is 0.602. The Morgan fingerprint density at radius 2 is 1.81 bits per heavy atom. The molecular weight excluding hydrogens is 338 g/mol. The number of hydrogen-bond donors (Lipinski definition) is 2. The van der Waals surface area contributed by atoms with Crippen LogP contribution in [0.25, 0.3) is 0 Å². The number of hydrogen-bond acceptors (Lipinski definition) is 5. The maximum absolute atomic E-state index is 13.7. The molecule has 0 spiro atoms. The molecular formula is C19H18F2N4O. The zero-order valence-corrected chi connectivity index (χ0v) is 14.2. The van der Waals surface area contributed by atoms with Gasteiger partial charge in [0.2, 0.25) is 5.95 Å². The molecule has 0 bridgehead atoms. The molecule has 1 aromatic heterocycles. The third-order valence-electron chi connectivity index (χ3n) is 3.70. The number of methoxy groups -OCH3 is 1. The Balaban J connectivity index is 1.62. The number of anilines is 3. The molecule has 0 aliphatic rings. The Hall–Kier alpha value is -3.22. The maximum atomic E-state index is 13.7. The number of nitrogens with zero attached hydrogens (tertiary/aromatic N) is 2. The third-order valence-corrected chi connectivity index (χ3v) is 3.70. The van der Waals surface area contributed by atoms with Crippen LogP contribution in [0.4, 0.5) is 26.2 Å². The quantitative estimate of drug-likeness (QED) is 0.666. The number of ether oxygens (including phenoxy) is 1. The number of halogens is 2. The van der Waals surface area contributed by atoms with Gasteiger partial charge < -0.3 is 15.4 Å². The van der Waals surface area contributed by atoms with Crippen LogP contribution < -0.4 is 15.4 Å². The van der Waals surface area contributed by atoms with E-state index < -0.39 is 11.6 Å². The van der Waals surface area contributed by atoms with Gasteiger partial charge in [-0.15, -0.1) is 0 Å². The van der Waals surface area contributed by atoms with Gasteiger partial charge in [0.05, 0.1) is 7.11 Å². The first-order valence-corrected chi connectivity index (χ1v) is 8.06. The van der Waals surface area contributed by atoms with E-state index in [1.165, 1.54) is 24.4 Å². The van der Waals surface area contributed by atoms with Crippen LogP contribution in [0.15, 0.2) is 54.7 Å². The molecule has 3 rings (SSSR count). The molecule has 1 heterocycles. The van der Waals surface area contributed by atoms with Crippen LogP contribution in [-0.4, -0.2) is 23.6 Å². The van der Waals surface area contributed by atoms with Gasteiger partial charge in [-0.2, -0.15) is 4.98 Å². The van der Waals surface area contributed by atoms with E-state index in [1.54, 1.807) is 13.2 Å². The summed E-state index contributed by atoms with van der Waals surface area (Å²) in [6.07, 6.45) is 2.27. The van der Waals surface area contributed by atoms with Crippen LogP contribution in [0.1, 0.15) is 5.56 Å². The maximum Gasteiger partial charge on any atom is 0.224 e. The summed E-state index contributed by atoms with van der Waals surface area (Å²) in [4.78, 5) is 8.34.